The molecule has 1 fully saturated rings. The largest absolute Gasteiger partial charge is 0.356 e. The minimum Gasteiger partial charge on any atom is -0.356 e. The Morgan fingerprint density at radius 3 is 2.85 bits per heavy atom. The van der Waals surface area contributed by atoms with Crippen LogP contribution in [0, 0.1) is 11.8 Å². The summed E-state index contributed by atoms with van der Waals surface area (Å²) in [4.78, 5) is 28.9. The zero-order valence-electron chi connectivity index (χ0n) is 15.8. The maximum Gasteiger partial charge on any atom is 0.220 e. The van der Waals surface area contributed by atoms with E-state index >= 15 is 0 Å². The molecule has 27 heavy (non-hydrogen) atoms. The van der Waals surface area contributed by atoms with Crippen LogP contribution in [-0.4, -0.2) is 23.2 Å². The van der Waals surface area contributed by atoms with Gasteiger partial charge in [0.2, 0.25) is 5.91 Å². The second kappa shape index (κ2) is 9.65. The minimum absolute atomic E-state index is 0.0843. The Balaban J connectivity index is 1.60. The smallest absolute Gasteiger partial charge is 0.220 e. The van der Waals surface area contributed by atoms with E-state index in [-0.39, 0.29) is 17.6 Å². The van der Waals surface area contributed by atoms with Crippen molar-refractivity contribution in [2.24, 2.45) is 11.8 Å². The van der Waals surface area contributed by atoms with Gasteiger partial charge in [-0.15, -0.1) is 11.3 Å². The highest BCUT2D eigenvalue weighted by molar-refractivity contribution is 7.18. The Kier molecular flexibility index (Phi) is 7.25. The van der Waals surface area contributed by atoms with Crippen LogP contribution in [0.25, 0.3) is 10.2 Å². The van der Waals surface area contributed by atoms with Gasteiger partial charge in [-0.2, -0.15) is 0 Å². The zero-order valence-corrected chi connectivity index (χ0v) is 17.4. The molecular formula is C21H27ClN2O2S. The van der Waals surface area contributed by atoms with Crippen molar-refractivity contribution < 1.29 is 9.59 Å². The van der Waals surface area contributed by atoms with Crippen LogP contribution in [-0.2, 0) is 16.0 Å². The molecule has 0 saturated heterocycles. The van der Waals surface area contributed by atoms with Gasteiger partial charge >= 0.3 is 0 Å². The monoisotopic (exact) mass is 406 g/mol. The van der Waals surface area contributed by atoms with E-state index in [2.05, 4.69) is 10.3 Å². The van der Waals surface area contributed by atoms with Gasteiger partial charge in [0.1, 0.15) is 5.78 Å². The van der Waals surface area contributed by atoms with Crippen molar-refractivity contribution in [1.82, 2.24) is 10.3 Å². The highest BCUT2D eigenvalue weighted by atomic mass is 35.5. The molecule has 3 rings (SSSR count). The molecule has 0 aliphatic heterocycles. The minimum atomic E-state index is 0.0843. The number of benzene rings is 1. The van der Waals surface area contributed by atoms with Crippen molar-refractivity contribution in [3.05, 3.63) is 28.2 Å². The highest BCUT2D eigenvalue weighted by Gasteiger charge is 2.21. The fraction of sp³-hybridized carbons (Fsp3) is 0.571. The number of halogens is 1. The number of carbonyl (C=O) groups is 2. The number of thiazole rings is 1. The van der Waals surface area contributed by atoms with Crippen molar-refractivity contribution in [2.75, 3.05) is 6.54 Å². The standard InChI is InChI=1S/C21H27ClN2O2S/c1-2-17(25)9-15(13-23-20(26)10-14-5-3-4-6-14)11-21-24-18-8-7-16(22)12-19(18)27-21/h7-8,12,14-15H,2-6,9-11,13H2,1H3,(H,23,26)/t15-/m0/s1. The number of hydrogen-bond acceptors (Lipinski definition) is 4. The van der Waals surface area contributed by atoms with E-state index < -0.39 is 0 Å². The summed E-state index contributed by atoms with van der Waals surface area (Å²) in [5.74, 6) is 0.969. The first-order chi connectivity index (χ1) is 13.0. The summed E-state index contributed by atoms with van der Waals surface area (Å²) in [5, 5.41) is 4.76. The molecule has 0 bridgehead atoms. The summed E-state index contributed by atoms with van der Waals surface area (Å²) >= 11 is 7.68. The van der Waals surface area contributed by atoms with Crippen LogP contribution in [0.5, 0.6) is 0 Å². The molecule has 0 spiro atoms. The van der Waals surface area contributed by atoms with Gasteiger partial charge in [0, 0.05) is 37.3 Å². The Hall–Kier alpha value is -1.46. The summed E-state index contributed by atoms with van der Waals surface area (Å²) in [6, 6.07) is 5.69. The third-order valence-corrected chi connectivity index (χ3v) is 6.58. The molecule has 146 valence electrons. The van der Waals surface area contributed by atoms with Crippen LogP contribution in [0.1, 0.15) is 56.9 Å². The van der Waals surface area contributed by atoms with Crippen molar-refractivity contribution >= 4 is 44.8 Å². The predicted octanol–water partition coefficient (Wildman–Crippen LogP) is 5.17. The molecular weight excluding hydrogens is 380 g/mol. The highest BCUT2D eigenvalue weighted by Crippen LogP contribution is 2.28. The lowest BCUT2D eigenvalue weighted by atomic mass is 9.97. The summed E-state index contributed by atoms with van der Waals surface area (Å²) in [7, 11) is 0. The number of aromatic nitrogens is 1. The molecule has 1 atom stereocenters. The summed E-state index contributed by atoms with van der Waals surface area (Å²) < 4.78 is 1.06. The normalized spacial score (nSPS) is 15.9. The number of nitrogens with zero attached hydrogens (tertiary/aromatic N) is 1. The average molecular weight is 407 g/mol. The molecule has 1 amide bonds. The molecule has 1 saturated carbocycles. The first-order valence-electron chi connectivity index (χ1n) is 9.87. The van der Waals surface area contributed by atoms with Gasteiger partial charge < -0.3 is 5.32 Å². The second-order valence-corrected chi connectivity index (χ2v) is 9.10. The lowest BCUT2D eigenvalue weighted by molar-refractivity contribution is -0.123. The van der Waals surface area contributed by atoms with Gasteiger partial charge in [-0.1, -0.05) is 31.4 Å². The molecule has 0 unspecified atom stereocenters. The molecule has 6 heteroatoms. The first-order valence-corrected chi connectivity index (χ1v) is 11.1. The van der Waals surface area contributed by atoms with Crippen molar-refractivity contribution in [3.8, 4) is 0 Å². The van der Waals surface area contributed by atoms with Crippen LogP contribution in [0.4, 0.5) is 0 Å². The van der Waals surface area contributed by atoms with E-state index in [4.69, 9.17) is 11.6 Å². The van der Waals surface area contributed by atoms with Gasteiger partial charge in [-0.3, -0.25) is 9.59 Å². The van der Waals surface area contributed by atoms with E-state index in [1.807, 2.05) is 25.1 Å². The van der Waals surface area contributed by atoms with E-state index in [1.54, 1.807) is 11.3 Å². The van der Waals surface area contributed by atoms with Crippen molar-refractivity contribution in [1.29, 1.82) is 0 Å². The Morgan fingerprint density at radius 1 is 1.33 bits per heavy atom. The molecule has 1 aromatic heterocycles. The number of Topliss-reactive ketones (excluding diaryl/α,β-unsaturated/α-hetero) is 1. The van der Waals surface area contributed by atoms with Gasteiger partial charge in [0.15, 0.2) is 0 Å². The average Bonchev–Trinajstić information content (AvgIpc) is 3.28. The van der Waals surface area contributed by atoms with E-state index in [9.17, 15) is 9.59 Å². The third kappa shape index (κ3) is 6.01. The number of nitrogens with one attached hydrogen (secondary N) is 1. The number of ketones is 1. The number of rotatable bonds is 9. The van der Waals surface area contributed by atoms with E-state index in [1.165, 1.54) is 25.7 Å². The number of hydrogen-bond donors (Lipinski definition) is 1. The van der Waals surface area contributed by atoms with Crippen molar-refractivity contribution in [3.63, 3.8) is 0 Å². The van der Waals surface area contributed by atoms with Crippen LogP contribution in [0.15, 0.2) is 18.2 Å². The Labute approximate surface area is 169 Å². The maximum absolute atomic E-state index is 12.3. The molecule has 1 aliphatic rings. The lowest BCUT2D eigenvalue weighted by Gasteiger charge is -2.17. The van der Waals surface area contributed by atoms with Gasteiger partial charge in [-0.25, -0.2) is 4.98 Å². The van der Waals surface area contributed by atoms with E-state index in [0.717, 1.165) is 15.2 Å². The number of carbonyl (C=O) groups excluding carboxylic acids is 2. The van der Waals surface area contributed by atoms with Gasteiger partial charge in [0.05, 0.1) is 15.2 Å². The van der Waals surface area contributed by atoms with Crippen LogP contribution in [0.2, 0.25) is 5.02 Å². The number of amides is 1. The predicted molar refractivity (Wildman–Crippen MR) is 111 cm³/mol. The first kappa shape index (κ1) is 20.3. The summed E-state index contributed by atoms with van der Waals surface area (Å²) in [6.07, 6.45) is 7.15. The van der Waals surface area contributed by atoms with Crippen LogP contribution < -0.4 is 5.32 Å². The second-order valence-electron chi connectivity index (χ2n) is 7.54. The fourth-order valence-electron chi connectivity index (χ4n) is 3.77. The quantitative estimate of drug-likeness (QED) is 0.624. The van der Waals surface area contributed by atoms with Crippen LogP contribution in [0.3, 0.4) is 0 Å². The third-order valence-electron chi connectivity index (χ3n) is 5.31. The summed E-state index contributed by atoms with van der Waals surface area (Å²) in [5.41, 5.74) is 0.935. The number of fused-ring (bicyclic) bond motifs is 1. The molecule has 1 heterocycles. The molecule has 4 nitrogen and oxygen atoms in total. The molecule has 2 aromatic rings. The van der Waals surface area contributed by atoms with E-state index in [0.29, 0.717) is 43.2 Å². The zero-order chi connectivity index (χ0) is 19.2. The van der Waals surface area contributed by atoms with Crippen LogP contribution >= 0.6 is 22.9 Å². The Bertz CT molecular complexity index is 799. The Morgan fingerprint density at radius 2 is 2.11 bits per heavy atom. The van der Waals surface area contributed by atoms with Gasteiger partial charge in [0.25, 0.3) is 0 Å². The maximum atomic E-state index is 12.3. The lowest BCUT2D eigenvalue weighted by Crippen LogP contribution is -2.32. The molecule has 1 N–H and O–H groups in total. The SMILES string of the molecule is CCC(=O)C[C@H](CNC(=O)CC1CCCC1)Cc1nc2ccc(Cl)cc2s1. The fourth-order valence-corrected chi connectivity index (χ4v) is 5.13. The summed E-state index contributed by atoms with van der Waals surface area (Å²) in [6.45, 7) is 2.42. The van der Waals surface area contributed by atoms with Gasteiger partial charge in [-0.05, 0) is 42.9 Å². The molecule has 0 radical (unpaired) electrons. The molecule has 1 aliphatic carbocycles. The topological polar surface area (TPSA) is 59.1 Å². The molecule has 1 aromatic carbocycles. The van der Waals surface area contributed by atoms with Crippen molar-refractivity contribution in [2.45, 2.75) is 58.3 Å².